The minimum absolute atomic E-state index is 0.00671. The van der Waals surface area contributed by atoms with Gasteiger partial charge in [-0.25, -0.2) is 9.37 Å². The summed E-state index contributed by atoms with van der Waals surface area (Å²) in [4.78, 5) is 32.2. The Morgan fingerprint density at radius 1 is 1.21 bits per heavy atom. The number of Topliss-reactive ketones (excluding diaryl/α,β-unsaturated/α-hetero) is 1. The molecular formula is C21H24FN3O2S. The number of carbonyl (C=O) groups is 1. The molecule has 7 heteroatoms. The average molecular weight is 401 g/mol. The van der Waals surface area contributed by atoms with Gasteiger partial charge in [-0.2, -0.15) is 0 Å². The third-order valence-corrected chi connectivity index (χ3v) is 6.70. The maximum atomic E-state index is 13.1. The summed E-state index contributed by atoms with van der Waals surface area (Å²) < 4.78 is 14.8. The highest BCUT2D eigenvalue weighted by Crippen LogP contribution is 2.24. The first-order valence-electron chi connectivity index (χ1n) is 9.78. The monoisotopic (exact) mass is 400 g/mol. The molecule has 0 saturated carbocycles. The van der Waals surface area contributed by atoms with E-state index in [1.165, 1.54) is 12.1 Å². The van der Waals surface area contributed by atoms with E-state index in [1.807, 2.05) is 6.92 Å². The highest BCUT2D eigenvalue weighted by atomic mass is 32.2. The molecule has 0 N–H and O–H groups in total. The smallest absolute Gasteiger partial charge is 0.257 e. The van der Waals surface area contributed by atoms with Gasteiger partial charge >= 0.3 is 0 Å². The lowest BCUT2D eigenvalue weighted by Gasteiger charge is -2.31. The van der Waals surface area contributed by atoms with Gasteiger partial charge in [-0.1, -0.05) is 11.8 Å². The van der Waals surface area contributed by atoms with Crippen molar-refractivity contribution < 1.29 is 9.18 Å². The quantitative estimate of drug-likeness (QED) is 0.571. The van der Waals surface area contributed by atoms with Gasteiger partial charge in [-0.3, -0.25) is 14.2 Å². The van der Waals surface area contributed by atoms with Crippen LogP contribution < -0.4 is 5.56 Å². The summed E-state index contributed by atoms with van der Waals surface area (Å²) in [7, 11) is 0. The van der Waals surface area contributed by atoms with Crippen LogP contribution in [0, 0.1) is 18.7 Å². The highest BCUT2D eigenvalue weighted by Gasteiger charge is 2.26. The van der Waals surface area contributed by atoms with Crippen LogP contribution in [-0.2, 0) is 13.0 Å². The number of likely N-dealkylation sites (tertiary alicyclic amines) is 1. The number of hydrogen-bond acceptors (Lipinski definition) is 5. The first kappa shape index (κ1) is 19.3. The third kappa shape index (κ3) is 3.91. The van der Waals surface area contributed by atoms with E-state index in [4.69, 9.17) is 0 Å². The second-order valence-electron chi connectivity index (χ2n) is 7.50. The standard InChI is InChI=1S/C21H24FN3O2S/c1-14-18(20(27)25-12-13-28-21(25)23-14)8-11-24-9-6-16(7-10-24)19(26)15-2-4-17(22)5-3-15/h2-5,16H,6-13H2,1H3/i22-1. The zero-order valence-corrected chi connectivity index (χ0v) is 16.8. The van der Waals surface area contributed by atoms with Crippen LogP contribution in [0.5, 0.6) is 0 Å². The molecule has 1 aromatic carbocycles. The molecule has 28 heavy (non-hydrogen) atoms. The molecule has 5 nitrogen and oxygen atoms in total. The molecule has 1 aromatic heterocycles. The van der Waals surface area contributed by atoms with E-state index in [1.54, 1.807) is 28.5 Å². The minimum atomic E-state index is -0.322. The first-order chi connectivity index (χ1) is 13.5. The van der Waals surface area contributed by atoms with Gasteiger partial charge < -0.3 is 4.90 Å². The summed E-state index contributed by atoms with van der Waals surface area (Å²) in [5, 5.41) is 0.839. The van der Waals surface area contributed by atoms with E-state index in [-0.39, 0.29) is 23.1 Å². The Kier molecular flexibility index (Phi) is 5.64. The molecule has 2 aliphatic rings. The number of benzene rings is 1. The maximum Gasteiger partial charge on any atom is 0.257 e. The van der Waals surface area contributed by atoms with Crippen molar-refractivity contribution in [3.05, 3.63) is 57.3 Å². The molecular weight excluding hydrogens is 376 g/mol. The molecule has 2 aromatic rings. The van der Waals surface area contributed by atoms with Crippen LogP contribution in [0.15, 0.2) is 34.2 Å². The predicted octanol–water partition coefficient (Wildman–Crippen LogP) is 2.93. The average Bonchev–Trinajstić information content (AvgIpc) is 3.17. The Morgan fingerprint density at radius 3 is 2.64 bits per heavy atom. The Balaban J connectivity index is 1.34. The van der Waals surface area contributed by atoms with Crippen LogP contribution in [0.1, 0.15) is 34.5 Å². The molecule has 148 valence electrons. The molecule has 0 aliphatic carbocycles. The van der Waals surface area contributed by atoms with Gasteiger partial charge in [0.1, 0.15) is 5.82 Å². The number of thioether (sulfide) groups is 1. The molecule has 0 atom stereocenters. The summed E-state index contributed by atoms with van der Waals surface area (Å²) in [6.45, 7) is 5.15. The van der Waals surface area contributed by atoms with Crippen LogP contribution in [0.2, 0.25) is 0 Å². The topological polar surface area (TPSA) is 55.2 Å². The zero-order chi connectivity index (χ0) is 19.7. The molecule has 0 unspecified atom stereocenters. The Hall–Kier alpha value is -1.99. The van der Waals surface area contributed by atoms with E-state index < -0.39 is 0 Å². The maximum absolute atomic E-state index is 13.1. The fourth-order valence-electron chi connectivity index (χ4n) is 4.04. The highest BCUT2D eigenvalue weighted by molar-refractivity contribution is 7.99. The van der Waals surface area contributed by atoms with E-state index in [9.17, 15) is 14.0 Å². The lowest BCUT2D eigenvalue weighted by molar-refractivity contribution is 0.0841. The molecule has 0 amide bonds. The molecule has 4 rings (SSSR count). The fraction of sp³-hybridized carbons (Fsp3) is 0.476. The van der Waals surface area contributed by atoms with Crippen LogP contribution in [0.3, 0.4) is 0 Å². The van der Waals surface area contributed by atoms with Gasteiger partial charge in [-0.15, -0.1) is 0 Å². The van der Waals surface area contributed by atoms with Crippen LogP contribution in [0.25, 0.3) is 0 Å². The summed E-state index contributed by atoms with van der Waals surface area (Å²) in [6.07, 6.45) is 2.29. The fourth-order valence-corrected chi connectivity index (χ4v) is 5.03. The van der Waals surface area contributed by atoms with E-state index >= 15 is 0 Å². The van der Waals surface area contributed by atoms with Crippen molar-refractivity contribution in [1.82, 2.24) is 14.5 Å². The van der Waals surface area contributed by atoms with Crippen molar-refractivity contribution in [3.8, 4) is 0 Å². The largest absolute Gasteiger partial charge is 0.303 e. The first-order valence-corrected chi connectivity index (χ1v) is 10.8. The molecule has 1 fully saturated rings. The number of piperidine rings is 1. The number of halogens is 1. The SMILES string of the molecule is Cc1nc2n(c(=O)c1CCN1CCC(C(=O)c3ccc([18F])cc3)CC1)CCS2. The van der Waals surface area contributed by atoms with E-state index in [0.717, 1.165) is 61.2 Å². The number of aromatic nitrogens is 2. The van der Waals surface area contributed by atoms with Crippen molar-refractivity contribution >= 4 is 17.5 Å². The molecule has 3 heterocycles. The van der Waals surface area contributed by atoms with Crippen molar-refractivity contribution in [2.24, 2.45) is 5.92 Å². The number of rotatable bonds is 5. The van der Waals surface area contributed by atoms with Gasteiger partial charge in [0, 0.05) is 41.6 Å². The second kappa shape index (κ2) is 8.17. The van der Waals surface area contributed by atoms with Crippen molar-refractivity contribution in [2.45, 2.75) is 37.9 Å². The van der Waals surface area contributed by atoms with Gasteiger partial charge in [0.15, 0.2) is 10.9 Å². The van der Waals surface area contributed by atoms with Crippen LogP contribution in [-0.4, -0.2) is 45.6 Å². The number of nitrogens with zero attached hydrogens (tertiary/aromatic N) is 3. The third-order valence-electron chi connectivity index (χ3n) is 5.75. The van der Waals surface area contributed by atoms with Gasteiger partial charge in [-0.05, 0) is 63.5 Å². The van der Waals surface area contributed by atoms with Crippen molar-refractivity contribution in [2.75, 3.05) is 25.4 Å². The number of hydrogen-bond donors (Lipinski definition) is 0. The minimum Gasteiger partial charge on any atom is -0.303 e. The number of ketones is 1. The Morgan fingerprint density at radius 2 is 1.93 bits per heavy atom. The Bertz CT molecular complexity index is 934. The summed E-state index contributed by atoms with van der Waals surface area (Å²) in [5.41, 5.74) is 2.35. The van der Waals surface area contributed by atoms with Gasteiger partial charge in [0.25, 0.3) is 5.56 Å². The normalized spacial score (nSPS) is 17.6. The zero-order valence-electron chi connectivity index (χ0n) is 16.0. The van der Waals surface area contributed by atoms with E-state index in [2.05, 4.69) is 9.88 Å². The molecule has 2 aliphatic heterocycles. The molecule has 0 radical (unpaired) electrons. The van der Waals surface area contributed by atoms with Crippen molar-refractivity contribution in [3.63, 3.8) is 0 Å². The number of fused-ring (bicyclic) bond motifs is 1. The van der Waals surface area contributed by atoms with Crippen LogP contribution >= 0.6 is 11.8 Å². The lowest BCUT2D eigenvalue weighted by atomic mass is 9.89. The Labute approximate surface area is 168 Å². The molecule has 0 spiro atoms. The predicted molar refractivity (Wildman–Crippen MR) is 108 cm³/mol. The van der Waals surface area contributed by atoms with Crippen molar-refractivity contribution in [1.29, 1.82) is 0 Å². The van der Waals surface area contributed by atoms with Gasteiger partial charge in [0.2, 0.25) is 0 Å². The molecule has 0 bridgehead atoms. The lowest BCUT2D eigenvalue weighted by Crippen LogP contribution is -2.38. The van der Waals surface area contributed by atoms with Crippen LogP contribution in [0.4, 0.5) is 4.39 Å². The summed E-state index contributed by atoms with van der Waals surface area (Å²) in [5.74, 6) is 0.694. The number of aryl methyl sites for hydroxylation is 1. The van der Waals surface area contributed by atoms with Gasteiger partial charge in [0.05, 0.1) is 0 Å². The molecule has 1 saturated heterocycles. The van der Waals surface area contributed by atoms with E-state index in [0.29, 0.717) is 12.0 Å². The summed E-state index contributed by atoms with van der Waals surface area (Å²) >= 11 is 1.64. The number of carbonyl (C=O) groups excluding carboxylic acids is 1. The summed E-state index contributed by atoms with van der Waals surface area (Å²) in [6, 6.07) is 5.82. The second-order valence-corrected chi connectivity index (χ2v) is 8.56.